The molecule has 0 aliphatic rings. The van der Waals surface area contributed by atoms with Crippen molar-refractivity contribution in [3.05, 3.63) is 52.9 Å². The second-order valence-electron chi connectivity index (χ2n) is 4.33. The summed E-state index contributed by atoms with van der Waals surface area (Å²) in [6.07, 6.45) is 3.35. The van der Waals surface area contributed by atoms with E-state index < -0.39 is 0 Å². The zero-order valence-corrected chi connectivity index (χ0v) is 13.5. The first kappa shape index (κ1) is 16.5. The fourth-order valence-corrected chi connectivity index (χ4v) is 2.39. The lowest BCUT2D eigenvalue weighted by molar-refractivity contribution is 0.0910. The minimum Gasteiger partial charge on any atom is -0.459 e. The van der Waals surface area contributed by atoms with Crippen LogP contribution in [0.25, 0.3) is 0 Å². The number of carbonyl (C=O) groups is 2. The van der Waals surface area contributed by atoms with Gasteiger partial charge in [0.1, 0.15) is 0 Å². The van der Waals surface area contributed by atoms with Gasteiger partial charge < -0.3 is 15.1 Å². The predicted molar refractivity (Wildman–Crippen MR) is 86.6 cm³/mol. The number of amides is 2. The van der Waals surface area contributed by atoms with Gasteiger partial charge in [-0.05, 0) is 36.6 Å². The lowest BCUT2D eigenvalue weighted by Gasteiger charge is -2.08. The Balaban J connectivity index is 1.82. The van der Waals surface area contributed by atoms with Crippen LogP contribution in [0.3, 0.4) is 0 Å². The highest BCUT2D eigenvalue weighted by Gasteiger charge is 2.11. The van der Waals surface area contributed by atoms with Crippen molar-refractivity contribution in [3.8, 4) is 0 Å². The summed E-state index contributed by atoms with van der Waals surface area (Å²) >= 11 is 7.56. The molecule has 0 spiro atoms. The van der Waals surface area contributed by atoms with E-state index in [1.807, 2.05) is 12.3 Å². The van der Waals surface area contributed by atoms with Crippen molar-refractivity contribution in [2.45, 2.75) is 4.90 Å². The maximum atomic E-state index is 12.1. The molecule has 0 saturated carbocycles. The zero-order valence-electron chi connectivity index (χ0n) is 11.9. The standard InChI is InChI=1S/C15H15ClN2O3S/c1-22-10-4-5-12(16)11(9-10)14(19)17-6-7-18-15(20)13-3-2-8-21-13/h2-5,8-9H,6-7H2,1H3,(H,17,19)(H,18,20). The smallest absolute Gasteiger partial charge is 0.287 e. The molecule has 5 nitrogen and oxygen atoms in total. The molecule has 2 N–H and O–H groups in total. The summed E-state index contributed by atoms with van der Waals surface area (Å²) in [5, 5.41) is 5.76. The molecule has 0 saturated heterocycles. The van der Waals surface area contributed by atoms with Crippen LogP contribution in [0, 0.1) is 0 Å². The van der Waals surface area contributed by atoms with Crippen molar-refractivity contribution in [2.75, 3.05) is 19.3 Å². The van der Waals surface area contributed by atoms with Crippen LogP contribution < -0.4 is 10.6 Å². The minimum absolute atomic E-state index is 0.238. The molecule has 0 atom stereocenters. The molecular formula is C15H15ClN2O3S. The van der Waals surface area contributed by atoms with Crippen LogP contribution in [0.2, 0.25) is 5.02 Å². The lowest BCUT2D eigenvalue weighted by atomic mass is 10.2. The quantitative estimate of drug-likeness (QED) is 0.627. The van der Waals surface area contributed by atoms with Crippen molar-refractivity contribution >= 4 is 35.2 Å². The molecule has 0 aliphatic carbocycles. The Morgan fingerprint density at radius 1 is 1.18 bits per heavy atom. The summed E-state index contributed by atoms with van der Waals surface area (Å²) in [6.45, 7) is 0.593. The largest absolute Gasteiger partial charge is 0.459 e. The van der Waals surface area contributed by atoms with Crippen LogP contribution in [-0.4, -0.2) is 31.2 Å². The second kappa shape index (κ2) is 7.91. The Morgan fingerprint density at radius 3 is 2.55 bits per heavy atom. The monoisotopic (exact) mass is 338 g/mol. The van der Waals surface area contributed by atoms with E-state index in [0.717, 1.165) is 4.90 Å². The van der Waals surface area contributed by atoms with E-state index in [0.29, 0.717) is 23.7 Å². The summed E-state index contributed by atoms with van der Waals surface area (Å²) in [7, 11) is 0. The molecule has 1 aromatic heterocycles. The zero-order chi connectivity index (χ0) is 15.9. The molecule has 1 aromatic carbocycles. The second-order valence-corrected chi connectivity index (χ2v) is 5.62. The molecule has 1 heterocycles. The fraction of sp³-hybridized carbons (Fsp3) is 0.200. The third-order valence-electron chi connectivity index (χ3n) is 2.86. The van der Waals surface area contributed by atoms with Crippen LogP contribution in [-0.2, 0) is 0 Å². The predicted octanol–water partition coefficient (Wildman–Crippen LogP) is 2.81. The van der Waals surface area contributed by atoms with Gasteiger partial charge in [0, 0.05) is 18.0 Å². The first-order valence-electron chi connectivity index (χ1n) is 6.55. The van der Waals surface area contributed by atoms with Crippen LogP contribution in [0.1, 0.15) is 20.9 Å². The normalized spacial score (nSPS) is 10.3. The Hall–Kier alpha value is -1.92. The molecule has 116 valence electrons. The summed E-state index contributed by atoms with van der Waals surface area (Å²) in [6, 6.07) is 8.50. The van der Waals surface area contributed by atoms with E-state index in [2.05, 4.69) is 10.6 Å². The number of thioether (sulfide) groups is 1. The van der Waals surface area contributed by atoms with Crippen molar-refractivity contribution in [1.29, 1.82) is 0 Å². The van der Waals surface area contributed by atoms with E-state index in [-0.39, 0.29) is 17.6 Å². The van der Waals surface area contributed by atoms with Crippen molar-refractivity contribution in [1.82, 2.24) is 10.6 Å². The third kappa shape index (κ3) is 4.29. The topological polar surface area (TPSA) is 71.3 Å². The lowest BCUT2D eigenvalue weighted by Crippen LogP contribution is -2.34. The fourth-order valence-electron chi connectivity index (χ4n) is 1.75. The number of hydrogen-bond donors (Lipinski definition) is 2. The van der Waals surface area contributed by atoms with Gasteiger partial charge in [-0.2, -0.15) is 0 Å². The van der Waals surface area contributed by atoms with Gasteiger partial charge in [0.05, 0.1) is 16.8 Å². The van der Waals surface area contributed by atoms with Gasteiger partial charge in [0.15, 0.2) is 5.76 Å². The minimum atomic E-state index is -0.318. The van der Waals surface area contributed by atoms with Crippen molar-refractivity contribution in [2.24, 2.45) is 0 Å². The summed E-state index contributed by atoms with van der Waals surface area (Å²) in [5.74, 6) is -0.350. The van der Waals surface area contributed by atoms with E-state index in [1.165, 1.54) is 18.0 Å². The van der Waals surface area contributed by atoms with Gasteiger partial charge in [-0.25, -0.2) is 0 Å². The van der Waals surface area contributed by atoms with Gasteiger partial charge in [-0.3, -0.25) is 9.59 Å². The summed E-state index contributed by atoms with van der Waals surface area (Å²) in [5.41, 5.74) is 0.422. The molecule has 0 bridgehead atoms. The summed E-state index contributed by atoms with van der Waals surface area (Å²) in [4.78, 5) is 24.6. The van der Waals surface area contributed by atoms with E-state index in [1.54, 1.807) is 24.3 Å². The third-order valence-corrected chi connectivity index (χ3v) is 3.91. The first-order chi connectivity index (χ1) is 10.6. The Morgan fingerprint density at radius 2 is 1.91 bits per heavy atom. The highest BCUT2D eigenvalue weighted by Crippen LogP contribution is 2.22. The molecule has 0 fully saturated rings. The van der Waals surface area contributed by atoms with Crippen LogP contribution in [0.15, 0.2) is 45.9 Å². The van der Waals surface area contributed by atoms with Gasteiger partial charge in [0.2, 0.25) is 0 Å². The average Bonchev–Trinajstić information content (AvgIpc) is 3.06. The maximum absolute atomic E-state index is 12.1. The van der Waals surface area contributed by atoms with Crippen LogP contribution in [0.5, 0.6) is 0 Å². The molecule has 0 unspecified atom stereocenters. The molecule has 2 amide bonds. The molecule has 0 aliphatic heterocycles. The van der Waals surface area contributed by atoms with Crippen LogP contribution in [0.4, 0.5) is 0 Å². The molecule has 22 heavy (non-hydrogen) atoms. The number of hydrogen-bond acceptors (Lipinski definition) is 4. The molecule has 7 heteroatoms. The number of furan rings is 1. The summed E-state index contributed by atoms with van der Waals surface area (Å²) < 4.78 is 4.96. The van der Waals surface area contributed by atoms with E-state index in [9.17, 15) is 9.59 Å². The Bertz CT molecular complexity index is 659. The van der Waals surface area contributed by atoms with Gasteiger partial charge in [-0.15, -0.1) is 11.8 Å². The maximum Gasteiger partial charge on any atom is 0.287 e. The number of halogens is 1. The van der Waals surface area contributed by atoms with Crippen molar-refractivity contribution < 1.29 is 14.0 Å². The first-order valence-corrected chi connectivity index (χ1v) is 8.15. The van der Waals surface area contributed by atoms with E-state index in [4.69, 9.17) is 16.0 Å². The number of rotatable bonds is 6. The number of nitrogens with one attached hydrogen (secondary N) is 2. The van der Waals surface area contributed by atoms with Crippen molar-refractivity contribution in [3.63, 3.8) is 0 Å². The van der Waals surface area contributed by atoms with Gasteiger partial charge in [-0.1, -0.05) is 11.6 Å². The highest BCUT2D eigenvalue weighted by atomic mass is 35.5. The number of benzene rings is 1. The molecule has 2 rings (SSSR count). The average molecular weight is 339 g/mol. The number of carbonyl (C=O) groups excluding carboxylic acids is 2. The molecular weight excluding hydrogens is 324 g/mol. The molecule has 2 aromatic rings. The Labute approximate surface area is 137 Å². The SMILES string of the molecule is CSc1ccc(Cl)c(C(=O)NCCNC(=O)c2ccco2)c1. The molecule has 0 radical (unpaired) electrons. The van der Waals surface area contributed by atoms with Gasteiger partial charge in [0.25, 0.3) is 11.8 Å². The Kier molecular flexibility index (Phi) is 5.91. The van der Waals surface area contributed by atoms with E-state index >= 15 is 0 Å². The van der Waals surface area contributed by atoms with Crippen LogP contribution >= 0.6 is 23.4 Å². The highest BCUT2D eigenvalue weighted by molar-refractivity contribution is 7.98. The van der Waals surface area contributed by atoms with Gasteiger partial charge >= 0.3 is 0 Å².